The highest BCUT2D eigenvalue weighted by Crippen LogP contribution is 2.30. The Morgan fingerprint density at radius 3 is 2.56 bits per heavy atom. The summed E-state index contributed by atoms with van der Waals surface area (Å²) in [4.78, 5) is 11.6. The fraction of sp³-hybridized carbons (Fsp3) is 0.308. The molecule has 0 atom stereocenters. The fourth-order valence-electron chi connectivity index (χ4n) is 2.10. The van der Waals surface area contributed by atoms with Gasteiger partial charge in [-0.25, -0.2) is 0 Å². The molecular formula is C13H17N3O2. The summed E-state index contributed by atoms with van der Waals surface area (Å²) in [5, 5.41) is 5.46. The maximum atomic E-state index is 11.6. The molecule has 0 unspecified atom stereocenters. The molecule has 0 aliphatic heterocycles. The molecule has 1 aromatic carbocycles. The predicted octanol–water partition coefficient (Wildman–Crippen LogP) is 1.45. The van der Waals surface area contributed by atoms with Gasteiger partial charge in [-0.05, 0) is 37.1 Å². The molecule has 1 heterocycles. The monoisotopic (exact) mass is 247 g/mol. The number of rotatable bonds is 3. The maximum absolute atomic E-state index is 11.6. The second-order valence-corrected chi connectivity index (χ2v) is 4.20. The van der Waals surface area contributed by atoms with Crippen LogP contribution in [0.4, 0.5) is 0 Å². The lowest BCUT2D eigenvalue weighted by Crippen LogP contribution is -2.10. The van der Waals surface area contributed by atoms with Gasteiger partial charge in [0.1, 0.15) is 5.75 Å². The van der Waals surface area contributed by atoms with E-state index in [9.17, 15) is 4.79 Å². The van der Waals surface area contributed by atoms with Crippen molar-refractivity contribution < 1.29 is 4.74 Å². The number of H-pyrrole nitrogens is 2. The SMILES string of the molecule is COc1ccc(-c2[nH][nH]c(=O)c2CN)c(C)c1C. The van der Waals surface area contributed by atoms with E-state index in [1.165, 1.54) is 0 Å². The third kappa shape index (κ3) is 1.82. The summed E-state index contributed by atoms with van der Waals surface area (Å²) in [7, 11) is 1.64. The largest absolute Gasteiger partial charge is 0.496 e. The molecule has 5 nitrogen and oxygen atoms in total. The van der Waals surface area contributed by atoms with Crippen molar-refractivity contribution in [2.24, 2.45) is 5.73 Å². The normalized spacial score (nSPS) is 10.7. The zero-order valence-corrected chi connectivity index (χ0v) is 10.8. The highest BCUT2D eigenvalue weighted by Gasteiger charge is 2.14. The van der Waals surface area contributed by atoms with Gasteiger partial charge in [0, 0.05) is 12.1 Å². The van der Waals surface area contributed by atoms with Crippen molar-refractivity contribution in [2.75, 3.05) is 7.11 Å². The second kappa shape index (κ2) is 4.70. The van der Waals surface area contributed by atoms with E-state index in [0.29, 0.717) is 5.56 Å². The van der Waals surface area contributed by atoms with Gasteiger partial charge in [0.05, 0.1) is 18.4 Å². The number of aromatic amines is 2. The van der Waals surface area contributed by atoms with Crippen LogP contribution in [0, 0.1) is 13.8 Å². The van der Waals surface area contributed by atoms with Gasteiger partial charge in [0.25, 0.3) is 5.56 Å². The molecule has 0 fully saturated rings. The molecule has 0 amide bonds. The topological polar surface area (TPSA) is 83.9 Å². The first-order chi connectivity index (χ1) is 8.60. The van der Waals surface area contributed by atoms with Gasteiger partial charge >= 0.3 is 0 Å². The van der Waals surface area contributed by atoms with Crippen molar-refractivity contribution in [1.82, 2.24) is 10.2 Å². The van der Waals surface area contributed by atoms with Crippen LogP contribution in [0.2, 0.25) is 0 Å². The molecule has 5 heteroatoms. The van der Waals surface area contributed by atoms with Crippen molar-refractivity contribution >= 4 is 0 Å². The van der Waals surface area contributed by atoms with Gasteiger partial charge in [-0.1, -0.05) is 0 Å². The Labute approximate surface area is 105 Å². The van der Waals surface area contributed by atoms with Crippen LogP contribution in [0.15, 0.2) is 16.9 Å². The standard InChI is InChI=1S/C13H17N3O2/c1-7-8(2)11(18-3)5-4-9(7)12-10(6-14)13(17)16-15-12/h4-5H,6,14H2,1-3H3,(H2,15,16,17). The number of hydrogen-bond donors (Lipinski definition) is 3. The van der Waals surface area contributed by atoms with E-state index in [2.05, 4.69) is 10.2 Å². The first kappa shape index (κ1) is 12.4. The number of hydrogen-bond acceptors (Lipinski definition) is 3. The van der Waals surface area contributed by atoms with Crippen molar-refractivity contribution in [3.05, 3.63) is 39.2 Å². The highest BCUT2D eigenvalue weighted by molar-refractivity contribution is 5.69. The first-order valence-electron chi connectivity index (χ1n) is 5.74. The number of nitrogens with one attached hydrogen (secondary N) is 2. The Morgan fingerprint density at radius 2 is 1.94 bits per heavy atom. The molecule has 0 bridgehead atoms. The third-order valence-electron chi connectivity index (χ3n) is 3.31. The third-order valence-corrected chi connectivity index (χ3v) is 3.31. The summed E-state index contributed by atoms with van der Waals surface area (Å²) in [5.74, 6) is 0.837. The van der Waals surface area contributed by atoms with Crippen LogP contribution in [0.5, 0.6) is 5.75 Å². The summed E-state index contributed by atoms with van der Waals surface area (Å²) >= 11 is 0. The van der Waals surface area contributed by atoms with Crippen molar-refractivity contribution in [3.63, 3.8) is 0 Å². The average Bonchev–Trinajstić information content (AvgIpc) is 2.73. The van der Waals surface area contributed by atoms with Gasteiger partial charge in [-0.15, -0.1) is 0 Å². The number of benzene rings is 1. The molecule has 1 aromatic heterocycles. The molecule has 2 rings (SSSR count). The molecule has 4 N–H and O–H groups in total. The molecule has 2 aromatic rings. The molecule has 0 aliphatic carbocycles. The van der Waals surface area contributed by atoms with E-state index < -0.39 is 0 Å². The zero-order chi connectivity index (χ0) is 13.3. The van der Waals surface area contributed by atoms with Crippen molar-refractivity contribution in [1.29, 1.82) is 0 Å². The minimum atomic E-state index is -0.166. The number of methoxy groups -OCH3 is 1. The van der Waals surface area contributed by atoms with Crippen LogP contribution in [-0.4, -0.2) is 17.3 Å². The number of nitrogens with two attached hydrogens (primary N) is 1. The van der Waals surface area contributed by atoms with E-state index >= 15 is 0 Å². The quantitative estimate of drug-likeness (QED) is 0.767. The van der Waals surface area contributed by atoms with E-state index in [0.717, 1.165) is 28.1 Å². The fourth-order valence-corrected chi connectivity index (χ4v) is 2.10. The predicted molar refractivity (Wildman–Crippen MR) is 70.8 cm³/mol. The summed E-state index contributed by atoms with van der Waals surface area (Å²) in [6, 6.07) is 3.82. The molecule has 0 saturated carbocycles. The van der Waals surface area contributed by atoms with Crippen LogP contribution >= 0.6 is 0 Å². The molecule has 0 saturated heterocycles. The number of ether oxygens (including phenoxy) is 1. The molecule has 18 heavy (non-hydrogen) atoms. The number of aromatic nitrogens is 2. The maximum Gasteiger partial charge on any atom is 0.269 e. The minimum Gasteiger partial charge on any atom is -0.496 e. The van der Waals surface area contributed by atoms with Crippen molar-refractivity contribution in [3.8, 4) is 17.0 Å². The Hall–Kier alpha value is -2.01. The van der Waals surface area contributed by atoms with Crippen LogP contribution in [0.25, 0.3) is 11.3 Å². The van der Waals surface area contributed by atoms with Gasteiger partial charge < -0.3 is 10.5 Å². The van der Waals surface area contributed by atoms with Crippen molar-refractivity contribution in [2.45, 2.75) is 20.4 Å². The van der Waals surface area contributed by atoms with Gasteiger partial charge in [-0.3, -0.25) is 15.0 Å². The van der Waals surface area contributed by atoms with Gasteiger partial charge in [0.2, 0.25) is 0 Å². The van der Waals surface area contributed by atoms with E-state index in [1.54, 1.807) is 7.11 Å². The summed E-state index contributed by atoms with van der Waals surface area (Å²) in [5.41, 5.74) is 9.86. The Balaban J connectivity index is 2.65. The van der Waals surface area contributed by atoms with Crippen LogP contribution in [-0.2, 0) is 6.54 Å². The summed E-state index contributed by atoms with van der Waals surface area (Å²) in [6.45, 7) is 4.20. The zero-order valence-electron chi connectivity index (χ0n) is 10.8. The highest BCUT2D eigenvalue weighted by atomic mass is 16.5. The smallest absolute Gasteiger partial charge is 0.269 e. The van der Waals surface area contributed by atoms with Gasteiger partial charge in [-0.2, -0.15) is 0 Å². The molecule has 0 spiro atoms. The van der Waals surface area contributed by atoms with Crippen LogP contribution in [0.3, 0.4) is 0 Å². The van der Waals surface area contributed by atoms with E-state index in [-0.39, 0.29) is 12.1 Å². The Bertz CT molecular complexity index is 626. The Kier molecular flexibility index (Phi) is 3.25. The Morgan fingerprint density at radius 1 is 1.22 bits per heavy atom. The lowest BCUT2D eigenvalue weighted by molar-refractivity contribution is 0.411. The first-order valence-corrected chi connectivity index (χ1v) is 5.74. The van der Waals surface area contributed by atoms with Gasteiger partial charge in [0.15, 0.2) is 0 Å². The van der Waals surface area contributed by atoms with E-state index in [4.69, 9.17) is 10.5 Å². The molecule has 0 aliphatic rings. The average molecular weight is 247 g/mol. The lowest BCUT2D eigenvalue weighted by atomic mass is 9.98. The molecule has 96 valence electrons. The van der Waals surface area contributed by atoms with Crippen LogP contribution < -0.4 is 16.0 Å². The second-order valence-electron chi connectivity index (χ2n) is 4.20. The van der Waals surface area contributed by atoms with E-state index in [1.807, 2.05) is 26.0 Å². The lowest BCUT2D eigenvalue weighted by Gasteiger charge is -2.12. The van der Waals surface area contributed by atoms with Crippen LogP contribution in [0.1, 0.15) is 16.7 Å². The summed E-state index contributed by atoms with van der Waals surface area (Å²) < 4.78 is 5.27. The molecule has 0 radical (unpaired) electrons. The summed E-state index contributed by atoms with van der Waals surface area (Å²) in [6.07, 6.45) is 0. The minimum absolute atomic E-state index is 0.166. The molecular weight excluding hydrogens is 230 g/mol.